The Morgan fingerprint density at radius 3 is 2.82 bits per heavy atom. The predicted molar refractivity (Wildman–Crippen MR) is 76.9 cm³/mol. The standard InChI is InChI=1S/C13H25N3S/c1-5-7-8-16(11(3)6-2)13-15-12(9-14-4)10-17-13/h10-11,14H,5-9H2,1-4H3. The molecular weight excluding hydrogens is 230 g/mol. The van der Waals surface area contributed by atoms with Crippen LogP contribution in [0.5, 0.6) is 0 Å². The van der Waals surface area contributed by atoms with Crippen LogP contribution >= 0.6 is 11.3 Å². The van der Waals surface area contributed by atoms with E-state index >= 15 is 0 Å². The molecule has 0 bridgehead atoms. The molecular formula is C13H25N3S. The Morgan fingerprint density at radius 1 is 1.47 bits per heavy atom. The lowest BCUT2D eigenvalue weighted by atomic mass is 10.2. The van der Waals surface area contributed by atoms with Gasteiger partial charge in [0.25, 0.3) is 0 Å². The highest BCUT2D eigenvalue weighted by Gasteiger charge is 2.15. The van der Waals surface area contributed by atoms with E-state index in [0.29, 0.717) is 6.04 Å². The normalized spacial score (nSPS) is 12.7. The average Bonchev–Trinajstić information content (AvgIpc) is 2.78. The van der Waals surface area contributed by atoms with Gasteiger partial charge >= 0.3 is 0 Å². The minimum atomic E-state index is 0.579. The van der Waals surface area contributed by atoms with E-state index in [0.717, 1.165) is 18.8 Å². The number of thiazole rings is 1. The third-order valence-electron chi connectivity index (χ3n) is 3.02. The molecule has 1 heterocycles. The monoisotopic (exact) mass is 255 g/mol. The number of hydrogen-bond acceptors (Lipinski definition) is 4. The SMILES string of the molecule is CCCCN(c1nc(CNC)cs1)C(C)CC. The van der Waals surface area contributed by atoms with Crippen molar-refractivity contribution in [3.63, 3.8) is 0 Å². The Balaban J connectivity index is 2.72. The van der Waals surface area contributed by atoms with E-state index in [-0.39, 0.29) is 0 Å². The van der Waals surface area contributed by atoms with Gasteiger partial charge in [0.05, 0.1) is 5.69 Å². The van der Waals surface area contributed by atoms with E-state index in [1.165, 1.54) is 24.4 Å². The third-order valence-corrected chi connectivity index (χ3v) is 3.95. The van der Waals surface area contributed by atoms with Gasteiger partial charge in [-0.3, -0.25) is 0 Å². The summed E-state index contributed by atoms with van der Waals surface area (Å²) < 4.78 is 0. The molecule has 4 heteroatoms. The molecule has 3 nitrogen and oxygen atoms in total. The van der Waals surface area contributed by atoms with Crippen molar-refractivity contribution in [3.8, 4) is 0 Å². The van der Waals surface area contributed by atoms with Crippen molar-refractivity contribution >= 4 is 16.5 Å². The maximum atomic E-state index is 4.70. The lowest BCUT2D eigenvalue weighted by Gasteiger charge is -2.28. The number of hydrogen-bond donors (Lipinski definition) is 1. The fourth-order valence-corrected chi connectivity index (χ4v) is 2.70. The summed E-state index contributed by atoms with van der Waals surface area (Å²) in [6.07, 6.45) is 3.65. The number of unbranched alkanes of at least 4 members (excludes halogenated alkanes) is 1. The van der Waals surface area contributed by atoms with E-state index in [4.69, 9.17) is 4.98 Å². The highest BCUT2D eigenvalue weighted by Crippen LogP contribution is 2.24. The van der Waals surface area contributed by atoms with Crippen molar-refractivity contribution in [1.82, 2.24) is 10.3 Å². The molecule has 1 aromatic heterocycles. The molecule has 1 atom stereocenters. The van der Waals surface area contributed by atoms with Gasteiger partial charge in [-0.05, 0) is 26.8 Å². The summed E-state index contributed by atoms with van der Waals surface area (Å²) in [4.78, 5) is 7.16. The quantitative estimate of drug-likeness (QED) is 0.773. The fourth-order valence-electron chi connectivity index (χ4n) is 1.74. The van der Waals surface area contributed by atoms with E-state index in [1.54, 1.807) is 11.3 Å². The van der Waals surface area contributed by atoms with Crippen LogP contribution in [0, 0.1) is 0 Å². The van der Waals surface area contributed by atoms with Crippen LogP contribution in [0.3, 0.4) is 0 Å². The van der Waals surface area contributed by atoms with Gasteiger partial charge in [-0.15, -0.1) is 11.3 Å². The maximum absolute atomic E-state index is 4.70. The largest absolute Gasteiger partial charge is 0.345 e. The Kier molecular flexibility index (Phi) is 6.52. The first-order valence-corrected chi connectivity index (χ1v) is 7.46. The number of rotatable bonds is 8. The summed E-state index contributed by atoms with van der Waals surface area (Å²) >= 11 is 1.77. The first-order valence-electron chi connectivity index (χ1n) is 6.58. The van der Waals surface area contributed by atoms with E-state index in [1.807, 2.05) is 7.05 Å². The fraction of sp³-hybridized carbons (Fsp3) is 0.769. The summed E-state index contributed by atoms with van der Waals surface area (Å²) in [5, 5.41) is 6.49. The number of nitrogens with zero attached hydrogens (tertiary/aromatic N) is 2. The zero-order valence-electron chi connectivity index (χ0n) is 11.5. The van der Waals surface area contributed by atoms with Gasteiger partial charge in [0.2, 0.25) is 0 Å². The van der Waals surface area contributed by atoms with Gasteiger partial charge in [0, 0.05) is 24.5 Å². The van der Waals surface area contributed by atoms with Crippen LogP contribution < -0.4 is 10.2 Å². The van der Waals surface area contributed by atoms with Gasteiger partial charge in [0.1, 0.15) is 0 Å². The number of nitrogens with one attached hydrogen (secondary N) is 1. The minimum absolute atomic E-state index is 0.579. The summed E-state index contributed by atoms with van der Waals surface area (Å²) in [7, 11) is 1.96. The smallest absolute Gasteiger partial charge is 0.185 e. The summed E-state index contributed by atoms with van der Waals surface area (Å²) in [6, 6.07) is 0.579. The summed E-state index contributed by atoms with van der Waals surface area (Å²) in [5.74, 6) is 0. The van der Waals surface area contributed by atoms with Crippen LogP contribution in [0.2, 0.25) is 0 Å². The molecule has 0 saturated heterocycles. The summed E-state index contributed by atoms with van der Waals surface area (Å²) in [6.45, 7) is 8.75. The van der Waals surface area contributed by atoms with E-state index in [9.17, 15) is 0 Å². The molecule has 0 amide bonds. The van der Waals surface area contributed by atoms with Gasteiger partial charge < -0.3 is 10.2 Å². The van der Waals surface area contributed by atoms with Crippen LogP contribution in [-0.2, 0) is 6.54 Å². The zero-order chi connectivity index (χ0) is 12.7. The van der Waals surface area contributed by atoms with Crippen molar-refractivity contribution in [3.05, 3.63) is 11.1 Å². The molecule has 0 radical (unpaired) electrons. The molecule has 1 aromatic rings. The van der Waals surface area contributed by atoms with Gasteiger partial charge in [-0.25, -0.2) is 4.98 Å². The molecule has 1 rings (SSSR count). The second kappa shape index (κ2) is 7.67. The molecule has 0 fully saturated rings. The number of aromatic nitrogens is 1. The molecule has 1 N–H and O–H groups in total. The van der Waals surface area contributed by atoms with E-state index in [2.05, 4.69) is 36.4 Å². The van der Waals surface area contributed by atoms with Crippen LogP contribution in [-0.4, -0.2) is 24.6 Å². The lowest BCUT2D eigenvalue weighted by molar-refractivity contribution is 0.593. The average molecular weight is 255 g/mol. The highest BCUT2D eigenvalue weighted by atomic mass is 32.1. The second-order valence-electron chi connectivity index (χ2n) is 4.46. The molecule has 17 heavy (non-hydrogen) atoms. The van der Waals surface area contributed by atoms with Gasteiger partial charge in [-0.2, -0.15) is 0 Å². The van der Waals surface area contributed by atoms with Crippen molar-refractivity contribution in [1.29, 1.82) is 0 Å². The molecule has 0 aliphatic heterocycles. The lowest BCUT2D eigenvalue weighted by Crippen LogP contribution is -2.33. The van der Waals surface area contributed by atoms with Crippen molar-refractivity contribution in [2.45, 2.75) is 52.6 Å². The van der Waals surface area contributed by atoms with Crippen molar-refractivity contribution in [2.75, 3.05) is 18.5 Å². The molecule has 1 unspecified atom stereocenters. The van der Waals surface area contributed by atoms with Crippen molar-refractivity contribution < 1.29 is 0 Å². The Hall–Kier alpha value is -0.610. The van der Waals surface area contributed by atoms with Crippen LogP contribution in [0.1, 0.15) is 45.7 Å². The Bertz CT molecular complexity index is 311. The highest BCUT2D eigenvalue weighted by molar-refractivity contribution is 7.13. The maximum Gasteiger partial charge on any atom is 0.185 e. The zero-order valence-corrected chi connectivity index (χ0v) is 12.3. The number of anilines is 1. The first kappa shape index (κ1) is 14.5. The summed E-state index contributed by atoms with van der Waals surface area (Å²) in [5.41, 5.74) is 1.15. The van der Waals surface area contributed by atoms with E-state index < -0.39 is 0 Å². The second-order valence-corrected chi connectivity index (χ2v) is 5.29. The molecule has 0 aromatic carbocycles. The predicted octanol–water partition coefficient (Wildman–Crippen LogP) is 3.27. The molecule has 0 saturated carbocycles. The third kappa shape index (κ3) is 4.28. The minimum Gasteiger partial charge on any atom is -0.345 e. The molecule has 0 aliphatic carbocycles. The Morgan fingerprint density at radius 2 is 2.24 bits per heavy atom. The molecule has 0 spiro atoms. The van der Waals surface area contributed by atoms with Gasteiger partial charge in [0.15, 0.2) is 5.13 Å². The van der Waals surface area contributed by atoms with Crippen LogP contribution in [0.4, 0.5) is 5.13 Å². The van der Waals surface area contributed by atoms with Crippen LogP contribution in [0.25, 0.3) is 0 Å². The van der Waals surface area contributed by atoms with Crippen molar-refractivity contribution in [2.24, 2.45) is 0 Å². The van der Waals surface area contributed by atoms with Crippen LogP contribution in [0.15, 0.2) is 5.38 Å². The molecule has 0 aliphatic rings. The van der Waals surface area contributed by atoms with Gasteiger partial charge in [-0.1, -0.05) is 20.3 Å². The topological polar surface area (TPSA) is 28.2 Å². The molecule has 98 valence electrons. The Labute approximate surface area is 109 Å². The first-order chi connectivity index (χ1) is 8.22.